The van der Waals surface area contributed by atoms with Gasteiger partial charge in [0, 0.05) is 6.54 Å². The van der Waals surface area contributed by atoms with Crippen LogP contribution in [0.25, 0.3) is 0 Å². The van der Waals surface area contributed by atoms with Crippen molar-refractivity contribution < 1.29 is 8.42 Å². The normalized spacial score (nSPS) is 12.5. The second kappa shape index (κ2) is 10.0. The lowest BCUT2D eigenvalue weighted by atomic mass is 10.1. The maximum Gasteiger partial charge on any atom is 0.241 e. The van der Waals surface area contributed by atoms with Gasteiger partial charge in [-0.1, -0.05) is 78.9 Å². The molecule has 0 aliphatic rings. The van der Waals surface area contributed by atoms with Crippen LogP contribution in [0.1, 0.15) is 23.0 Å². The van der Waals surface area contributed by atoms with Gasteiger partial charge in [0.15, 0.2) is 4.77 Å². The molecule has 164 valence electrons. The highest BCUT2D eigenvalue weighted by Gasteiger charge is 2.26. The molecule has 0 saturated carbocycles. The van der Waals surface area contributed by atoms with Gasteiger partial charge in [-0.3, -0.25) is 5.10 Å². The zero-order valence-corrected chi connectivity index (χ0v) is 19.0. The van der Waals surface area contributed by atoms with E-state index in [1.807, 2.05) is 53.1 Å². The summed E-state index contributed by atoms with van der Waals surface area (Å²) in [5.74, 6) is 0.564. The minimum atomic E-state index is -3.75. The zero-order valence-electron chi connectivity index (χ0n) is 17.4. The molecule has 4 aromatic rings. The second-order valence-corrected chi connectivity index (χ2v) is 9.55. The molecule has 1 atom stereocenters. The lowest BCUT2D eigenvalue weighted by Gasteiger charge is -2.19. The number of nitrogens with zero attached hydrogens (tertiary/aromatic N) is 2. The van der Waals surface area contributed by atoms with Crippen LogP contribution < -0.4 is 4.72 Å². The molecular weight excluding hydrogens is 440 g/mol. The van der Waals surface area contributed by atoms with E-state index in [-0.39, 0.29) is 4.90 Å². The number of benzene rings is 3. The highest BCUT2D eigenvalue weighted by Crippen LogP contribution is 2.21. The molecule has 3 aromatic carbocycles. The average molecular weight is 465 g/mol. The number of aryl methyl sites for hydroxylation is 1. The van der Waals surface area contributed by atoms with E-state index < -0.39 is 16.1 Å². The number of hydrogen-bond donors (Lipinski definition) is 2. The van der Waals surface area contributed by atoms with Crippen molar-refractivity contribution in [3.63, 3.8) is 0 Å². The van der Waals surface area contributed by atoms with Crippen LogP contribution in [-0.2, 0) is 29.4 Å². The molecule has 0 aliphatic carbocycles. The Balaban J connectivity index is 1.66. The smallest absolute Gasteiger partial charge is 0.241 e. The van der Waals surface area contributed by atoms with E-state index in [2.05, 4.69) is 27.1 Å². The highest BCUT2D eigenvalue weighted by atomic mass is 32.2. The van der Waals surface area contributed by atoms with E-state index in [9.17, 15) is 8.42 Å². The molecule has 4 rings (SSSR count). The summed E-state index contributed by atoms with van der Waals surface area (Å²) in [5.41, 5.74) is 2.17. The second-order valence-electron chi connectivity index (χ2n) is 7.45. The molecule has 32 heavy (non-hydrogen) atoms. The van der Waals surface area contributed by atoms with Crippen LogP contribution >= 0.6 is 12.2 Å². The van der Waals surface area contributed by atoms with Crippen LogP contribution in [0.3, 0.4) is 0 Å². The largest absolute Gasteiger partial charge is 0.302 e. The van der Waals surface area contributed by atoms with Crippen molar-refractivity contribution in [2.24, 2.45) is 0 Å². The van der Waals surface area contributed by atoms with E-state index in [1.54, 1.807) is 30.3 Å². The Morgan fingerprint density at radius 3 is 2.06 bits per heavy atom. The first-order valence-electron chi connectivity index (χ1n) is 10.3. The number of hydrogen-bond acceptors (Lipinski definition) is 4. The molecule has 0 aliphatic heterocycles. The fraction of sp³-hybridized carbons (Fsp3) is 0.167. The molecule has 8 heteroatoms. The van der Waals surface area contributed by atoms with E-state index >= 15 is 0 Å². The molecule has 0 saturated heterocycles. The van der Waals surface area contributed by atoms with Crippen LogP contribution in [0, 0.1) is 4.77 Å². The van der Waals surface area contributed by atoms with Crippen LogP contribution in [0.2, 0.25) is 0 Å². The van der Waals surface area contributed by atoms with Crippen LogP contribution in [0.4, 0.5) is 0 Å². The van der Waals surface area contributed by atoms with E-state index in [0.29, 0.717) is 23.6 Å². The molecule has 0 amide bonds. The van der Waals surface area contributed by atoms with Gasteiger partial charge >= 0.3 is 0 Å². The van der Waals surface area contributed by atoms with Gasteiger partial charge in [-0.25, -0.2) is 13.1 Å². The Morgan fingerprint density at radius 1 is 0.875 bits per heavy atom. The van der Waals surface area contributed by atoms with E-state index in [0.717, 1.165) is 12.0 Å². The summed E-state index contributed by atoms with van der Waals surface area (Å²) < 4.78 is 31.4. The van der Waals surface area contributed by atoms with Gasteiger partial charge in [-0.05, 0) is 48.3 Å². The summed E-state index contributed by atoms with van der Waals surface area (Å²) in [6.45, 7) is 0.590. The monoisotopic (exact) mass is 464 g/mol. The Labute approximate surface area is 193 Å². The molecule has 0 spiro atoms. The van der Waals surface area contributed by atoms with E-state index in [4.69, 9.17) is 12.2 Å². The van der Waals surface area contributed by atoms with Gasteiger partial charge in [0.25, 0.3) is 0 Å². The third-order valence-electron chi connectivity index (χ3n) is 5.20. The quantitative estimate of drug-likeness (QED) is 0.359. The Kier molecular flexibility index (Phi) is 6.94. The minimum Gasteiger partial charge on any atom is -0.302 e. The van der Waals surface area contributed by atoms with Crippen molar-refractivity contribution in [1.82, 2.24) is 19.5 Å². The molecule has 0 bridgehead atoms. The summed E-state index contributed by atoms with van der Waals surface area (Å²) in [4.78, 5) is 0.211. The third kappa shape index (κ3) is 5.40. The summed E-state index contributed by atoms with van der Waals surface area (Å²) >= 11 is 5.47. The predicted molar refractivity (Wildman–Crippen MR) is 127 cm³/mol. The standard InChI is InChI=1S/C24H24N4O2S2/c29-32(30,21-14-8-3-9-15-21)27-22(18-20-12-6-2-7-13-20)23-25-26-24(31)28(23)17-16-19-10-4-1-5-11-19/h1-15,22,27H,16-18H2,(H,26,31)/t22-/m1/s1. The summed E-state index contributed by atoms with van der Waals surface area (Å²) in [7, 11) is -3.75. The van der Waals surface area contributed by atoms with Gasteiger partial charge in [0.05, 0.1) is 10.9 Å². The fourth-order valence-corrected chi connectivity index (χ4v) is 5.03. The molecule has 2 N–H and O–H groups in total. The molecule has 1 aromatic heterocycles. The Morgan fingerprint density at radius 2 is 1.44 bits per heavy atom. The van der Waals surface area contributed by atoms with Gasteiger partial charge in [0.1, 0.15) is 5.82 Å². The third-order valence-corrected chi connectivity index (χ3v) is 7.00. The van der Waals surface area contributed by atoms with Crippen molar-refractivity contribution in [2.75, 3.05) is 0 Å². The molecule has 0 radical (unpaired) electrons. The van der Waals surface area contributed by atoms with Crippen molar-refractivity contribution in [3.05, 3.63) is 113 Å². The highest BCUT2D eigenvalue weighted by molar-refractivity contribution is 7.89. The first kappa shape index (κ1) is 22.1. The summed E-state index contributed by atoms with van der Waals surface area (Å²) in [6, 6.07) is 27.6. The lowest BCUT2D eigenvalue weighted by molar-refractivity contribution is 0.518. The lowest BCUT2D eigenvalue weighted by Crippen LogP contribution is -2.32. The Hall–Kier alpha value is -3.07. The first-order chi connectivity index (χ1) is 15.5. The van der Waals surface area contributed by atoms with E-state index in [1.165, 1.54) is 5.56 Å². The topological polar surface area (TPSA) is 79.8 Å². The molecule has 1 heterocycles. The van der Waals surface area contributed by atoms with Crippen LogP contribution in [-0.4, -0.2) is 23.2 Å². The average Bonchev–Trinajstić information content (AvgIpc) is 3.19. The van der Waals surface area contributed by atoms with Gasteiger partial charge in [-0.15, -0.1) is 0 Å². The van der Waals surface area contributed by atoms with Gasteiger partial charge in [0.2, 0.25) is 10.0 Å². The molecular formula is C24H24N4O2S2. The first-order valence-corrected chi connectivity index (χ1v) is 12.2. The minimum absolute atomic E-state index is 0.211. The maximum atomic E-state index is 13.1. The van der Waals surface area contributed by atoms with Crippen molar-refractivity contribution in [1.29, 1.82) is 0 Å². The number of sulfonamides is 1. The number of H-pyrrole nitrogens is 1. The van der Waals surface area contributed by atoms with Gasteiger partial charge < -0.3 is 4.57 Å². The zero-order chi connectivity index (χ0) is 22.4. The molecule has 6 nitrogen and oxygen atoms in total. The number of nitrogens with one attached hydrogen (secondary N) is 2. The number of rotatable bonds is 9. The van der Waals surface area contributed by atoms with Crippen molar-refractivity contribution in [2.45, 2.75) is 30.3 Å². The Bertz CT molecular complexity index is 1300. The fourth-order valence-electron chi connectivity index (χ4n) is 3.59. The van der Waals surface area contributed by atoms with Crippen LogP contribution in [0.15, 0.2) is 95.9 Å². The molecule has 0 unspecified atom stereocenters. The number of aromatic amines is 1. The summed E-state index contributed by atoms with van der Waals surface area (Å²) in [5, 5.41) is 7.27. The maximum absolute atomic E-state index is 13.1. The van der Waals surface area contributed by atoms with Crippen molar-refractivity contribution in [3.8, 4) is 0 Å². The summed E-state index contributed by atoms with van der Waals surface area (Å²) in [6.07, 6.45) is 1.20. The van der Waals surface area contributed by atoms with Crippen molar-refractivity contribution >= 4 is 22.2 Å². The SMILES string of the molecule is O=S(=O)(N[C@H](Cc1ccccc1)c1n[nH]c(=S)n1CCc1ccccc1)c1ccccc1. The number of aromatic nitrogens is 3. The predicted octanol–water partition coefficient (Wildman–Crippen LogP) is 4.45. The van der Waals surface area contributed by atoms with Gasteiger partial charge in [-0.2, -0.15) is 5.10 Å². The van der Waals surface area contributed by atoms with Crippen LogP contribution in [0.5, 0.6) is 0 Å². The molecule has 0 fully saturated rings.